The number of anilines is 1. The molecule has 0 atom stereocenters. The molecule has 0 spiro atoms. The van der Waals surface area contributed by atoms with Gasteiger partial charge in [0, 0.05) is 24.2 Å². The lowest BCUT2D eigenvalue weighted by molar-refractivity contribution is -0.286. The number of alkyl halides is 2. The Labute approximate surface area is 199 Å². The van der Waals surface area contributed by atoms with E-state index in [9.17, 15) is 18.4 Å². The number of aryl methyl sites for hydroxylation is 2. The number of rotatable bonds is 8. The Bertz CT molecular complexity index is 1360. The standard InChI is InChI=1S/C25H22F2N4O4/c1-16-6-10-21(30-24(16)18-8-11-23(33)31(15-18)13-12-28)29-22(32)5-3-2-4-17-7-9-19-20(14-17)35-25(26,27)34-19/h6-11,14-15H,2-5,13H2,1H3,(H,29,30,32). The second-order valence-corrected chi connectivity index (χ2v) is 8.11. The minimum Gasteiger partial charge on any atom is -0.395 e. The highest BCUT2D eigenvalue weighted by Gasteiger charge is 2.43. The van der Waals surface area contributed by atoms with E-state index in [1.165, 1.54) is 22.8 Å². The Morgan fingerprint density at radius 3 is 2.74 bits per heavy atom. The molecule has 8 nitrogen and oxygen atoms in total. The summed E-state index contributed by atoms with van der Waals surface area (Å²) in [5.41, 5.74) is 2.65. The first-order chi connectivity index (χ1) is 16.7. The van der Waals surface area contributed by atoms with Crippen molar-refractivity contribution in [2.24, 2.45) is 0 Å². The zero-order chi connectivity index (χ0) is 25.0. The number of nitriles is 1. The fourth-order valence-corrected chi connectivity index (χ4v) is 3.73. The Kier molecular flexibility index (Phi) is 6.78. The Morgan fingerprint density at radius 1 is 1.14 bits per heavy atom. The van der Waals surface area contributed by atoms with E-state index in [0.717, 1.165) is 11.1 Å². The predicted molar refractivity (Wildman–Crippen MR) is 123 cm³/mol. The van der Waals surface area contributed by atoms with E-state index in [2.05, 4.69) is 19.8 Å². The van der Waals surface area contributed by atoms with Crippen molar-refractivity contribution < 1.29 is 23.0 Å². The number of carbonyl (C=O) groups is 1. The van der Waals surface area contributed by atoms with E-state index >= 15 is 0 Å². The molecule has 1 aromatic carbocycles. The molecule has 0 saturated carbocycles. The van der Waals surface area contributed by atoms with Crippen molar-refractivity contribution >= 4 is 11.7 Å². The Hall–Kier alpha value is -4.26. The maximum atomic E-state index is 13.1. The van der Waals surface area contributed by atoms with Crippen LogP contribution in [0.5, 0.6) is 11.5 Å². The van der Waals surface area contributed by atoms with Crippen molar-refractivity contribution in [1.29, 1.82) is 5.26 Å². The molecule has 3 aromatic rings. The number of fused-ring (bicyclic) bond motifs is 1. The summed E-state index contributed by atoms with van der Waals surface area (Å²) in [4.78, 5) is 28.8. The zero-order valence-electron chi connectivity index (χ0n) is 18.9. The van der Waals surface area contributed by atoms with Crippen molar-refractivity contribution in [2.75, 3.05) is 5.32 Å². The number of halogens is 2. The molecular weight excluding hydrogens is 458 g/mol. The molecule has 1 aliphatic rings. The molecule has 180 valence electrons. The van der Waals surface area contributed by atoms with Gasteiger partial charge in [0.05, 0.1) is 11.8 Å². The first-order valence-corrected chi connectivity index (χ1v) is 11.0. The quantitative estimate of drug-likeness (QED) is 0.479. The van der Waals surface area contributed by atoms with Gasteiger partial charge in [0.15, 0.2) is 11.5 Å². The fraction of sp³-hybridized carbons (Fsp3) is 0.280. The molecule has 35 heavy (non-hydrogen) atoms. The summed E-state index contributed by atoms with van der Waals surface area (Å²) in [6, 6.07) is 13.1. The fourth-order valence-electron chi connectivity index (χ4n) is 3.73. The number of benzene rings is 1. The number of ether oxygens (including phenoxy) is 2. The lowest BCUT2D eigenvalue weighted by Crippen LogP contribution is -2.25. The maximum Gasteiger partial charge on any atom is 0.586 e. The molecule has 10 heteroatoms. The number of nitrogens with one attached hydrogen (secondary N) is 1. The largest absolute Gasteiger partial charge is 0.586 e. The van der Waals surface area contributed by atoms with Crippen LogP contribution in [0.15, 0.2) is 53.5 Å². The van der Waals surface area contributed by atoms with E-state index in [-0.39, 0.29) is 35.9 Å². The van der Waals surface area contributed by atoms with Crippen molar-refractivity contribution in [1.82, 2.24) is 9.55 Å². The smallest absolute Gasteiger partial charge is 0.395 e. The number of hydrogen-bond acceptors (Lipinski definition) is 6. The lowest BCUT2D eigenvalue weighted by atomic mass is 10.1. The number of pyridine rings is 2. The van der Waals surface area contributed by atoms with E-state index in [1.807, 2.05) is 19.1 Å². The van der Waals surface area contributed by atoms with Gasteiger partial charge in [0.1, 0.15) is 12.4 Å². The number of unbranched alkanes of at least 4 members (excludes halogenated alkanes) is 1. The maximum absolute atomic E-state index is 13.1. The van der Waals surface area contributed by atoms with Crippen LogP contribution >= 0.6 is 0 Å². The van der Waals surface area contributed by atoms with Crippen LogP contribution in [0.2, 0.25) is 0 Å². The summed E-state index contributed by atoms with van der Waals surface area (Å²) in [5.74, 6) is 0.193. The molecule has 0 aliphatic carbocycles. The molecule has 3 heterocycles. The van der Waals surface area contributed by atoms with Gasteiger partial charge in [-0.25, -0.2) is 4.98 Å². The van der Waals surface area contributed by atoms with Gasteiger partial charge < -0.3 is 19.4 Å². The first-order valence-electron chi connectivity index (χ1n) is 11.0. The van der Waals surface area contributed by atoms with Gasteiger partial charge in [-0.2, -0.15) is 5.26 Å². The molecule has 1 amide bonds. The molecule has 2 aromatic heterocycles. The summed E-state index contributed by atoms with van der Waals surface area (Å²) < 4.78 is 36.4. The molecule has 0 saturated heterocycles. The van der Waals surface area contributed by atoms with Gasteiger partial charge in [-0.3, -0.25) is 9.59 Å². The van der Waals surface area contributed by atoms with Crippen LogP contribution in [0.1, 0.15) is 30.4 Å². The summed E-state index contributed by atoms with van der Waals surface area (Å²) in [6.45, 7) is 1.80. The molecule has 0 bridgehead atoms. The van der Waals surface area contributed by atoms with E-state index in [4.69, 9.17) is 5.26 Å². The third-order valence-corrected chi connectivity index (χ3v) is 5.45. The van der Waals surface area contributed by atoms with Crippen LogP contribution in [0, 0.1) is 18.3 Å². The van der Waals surface area contributed by atoms with Crippen molar-refractivity contribution in [3.05, 3.63) is 70.1 Å². The van der Waals surface area contributed by atoms with E-state index < -0.39 is 6.29 Å². The second kappa shape index (κ2) is 9.93. The Morgan fingerprint density at radius 2 is 1.94 bits per heavy atom. The van der Waals surface area contributed by atoms with E-state index in [0.29, 0.717) is 36.3 Å². The highest BCUT2D eigenvalue weighted by atomic mass is 19.3. The van der Waals surface area contributed by atoms with Crippen LogP contribution in [-0.4, -0.2) is 21.8 Å². The highest BCUT2D eigenvalue weighted by molar-refractivity contribution is 5.90. The minimum absolute atomic E-state index is 0.00643. The van der Waals surface area contributed by atoms with Crippen LogP contribution in [-0.2, 0) is 17.8 Å². The number of hydrogen-bond donors (Lipinski definition) is 1. The summed E-state index contributed by atoms with van der Waals surface area (Å²) in [7, 11) is 0. The predicted octanol–water partition coefficient (Wildman–Crippen LogP) is 4.42. The van der Waals surface area contributed by atoms with Gasteiger partial charge in [0.25, 0.3) is 5.56 Å². The third kappa shape index (κ3) is 5.81. The SMILES string of the molecule is Cc1ccc(NC(=O)CCCCc2ccc3c(c2)OC(F)(F)O3)nc1-c1ccc(=O)n(CC#N)c1. The van der Waals surface area contributed by atoms with Crippen LogP contribution < -0.4 is 20.3 Å². The highest BCUT2D eigenvalue weighted by Crippen LogP contribution is 2.41. The molecule has 1 aliphatic heterocycles. The molecule has 0 unspecified atom stereocenters. The summed E-state index contributed by atoms with van der Waals surface area (Å²) in [6.07, 6.45) is 0.0655. The number of aromatic nitrogens is 2. The van der Waals surface area contributed by atoms with Gasteiger partial charge in [-0.15, -0.1) is 8.78 Å². The first kappa shape index (κ1) is 23.9. The van der Waals surface area contributed by atoms with Gasteiger partial charge in [-0.1, -0.05) is 12.1 Å². The molecule has 0 fully saturated rings. The average Bonchev–Trinajstić information content (AvgIpc) is 3.13. The summed E-state index contributed by atoms with van der Waals surface area (Å²) >= 11 is 0. The normalized spacial score (nSPS) is 13.3. The van der Waals surface area contributed by atoms with Gasteiger partial charge in [-0.05, 0) is 61.6 Å². The third-order valence-electron chi connectivity index (χ3n) is 5.45. The van der Waals surface area contributed by atoms with Gasteiger partial charge >= 0.3 is 6.29 Å². The topological polar surface area (TPSA) is 106 Å². The van der Waals surface area contributed by atoms with Crippen molar-refractivity contribution in [3.8, 4) is 28.8 Å². The number of nitrogens with zero attached hydrogens (tertiary/aromatic N) is 3. The second-order valence-electron chi connectivity index (χ2n) is 8.11. The Balaban J connectivity index is 1.32. The molecule has 1 N–H and O–H groups in total. The number of carbonyl (C=O) groups excluding carboxylic acids is 1. The lowest BCUT2D eigenvalue weighted by Gasteiger charge is -2.11. The van der Waals surface area contributed by atoms with Crippen molar-refractivity contribution in [2.45, 2.75) is 45.4 Å². The van der Waals surface area contributed by atoms with Crippen LogP contribution in [0.4, 0.5) is 14.6 Å². The molecule has 0 radical (unpaired) electrons. The monoisotopic (exact) mass is 480 g/mol. The van der Waals surface area contributed by atoms with Crippen LogP contribution in [0.25, 0.3) is 11.3 Å². The number of amides is 1. The zero-order valence-corrected chi connectivity index (χ0v) is 18.9. The minimum atomic E-state index is -3.64. The van der Waals surface area contributed by atoms with Crippen LogP contribution in [0.3, 0.4) is 0 Å². The van der Waals surface area contributed by atoms with Crippen molar-refractivity contribution in [3.63, 3.8) is 0 Å². The average molecular weight is 480 g/mol. The van der Waals surface area contributed by atoms with Gasteiger partial charge in [0.2, 0.25) is 5.91 Å². The molecule has 4 rings (SSSR count). The summed E-state index contributed by atoms with van der Waals surface area (Å²) in [5, 5.41) is 11.7. The molecular formula is C25H22F2N4O4. The van der Waals surface area contributed by atoms with E-state index in [1.54, 1.807) is 24.4 Å².